The van der Waals surface area contributed by atoms with Crippen molar-refractivity contribution in [2.75, 3.05) is 0 Å². The van der Waals surface area contributed by atoms with Crippen LogP contribution in [0.5, 0.6) is 0 Å². The van der Waals surface area contributed by atoms with Crippen LogP contribution in [0, 0.1) is 17.2 Å². The molecule has 0 aromatic carbocycles. The zero-order chi connectivity index (χ0) is 14.4. The van der Waals surface area contributed by atoms with Crippen molar-refractivity contribution in [3.8, 4) is 6.07 Å². The molecule has 1 aromatic rings. The third-order valence-corrected chi connectivity index (χ3v) is 3.30. The van der Waals surface area contributed by atoms with Crippen molar-refractivity contribution in [2.45, 2.75) is 32.9 Å². The number of hydrogen-bond acceptors (Lipinski definition) is 5. The Bertz CT molecular complexity index is 477. The van der Waals surface area contributed by atoms with Crippen molar-refractivity contribution in [1.29, 1.82) is 5.26 Å². The summed E-state index contributed by atoms with van der Waals surface area (Å²) in [5.74, 6) is -1.02. The molecule has 1 amide bonds. The number of thiophene rings is 1. The van der Waals surface area contributed by atoms with Crippen molar-refractivity contribution >= 4 is 23.2 Å². The van der Waals surface area contributed by atoms with E-state index >= 15 is 0 Å². The lowest BCUT2D eigenvalue weighted by Gasteiger charge is -2.21. The van der Waals surface area contributed by atoms with Crippen molar-refractivity contribution in [2.24, 2.45) is 5.92 Å². The van der Waals surface area contributed by atoms with Crippen molar-refractivity contribution in [3.63, 3.8) is 0 Å². The van der Waals surface area contributed by atoms with Gasteiger partial charge in [0.1, 0.15) is 12.1 Å². The first-order valence-corrected chi connectivity index (χ1v) is 6.78. The topological polar surface area (TPSA) is 79.2 Å². The van der Waals surface area contributed by atoms with E-state index in [0.717, 1.165) is 0 Å². The van der Waals surface area contributed by atoms with E-state index in [2.05, 4.69) is 5.32 Å². The van der Waals surface area contributed by atoms with Crippen LogP contribution < -0.4 is 5.32 Å². The van der Waals surface area contributed by atoms with Crippen molar-refractivity contribution in [1.82, 2.24) is 5.32 Å². The molecule has 0 saturated heterocycles. The minimum Gasteiger partial charge on any atom is -0.446 e. The maximum absolute atomic E-state index is 11.9. The number of nitrogens with one attached hydrogen (secondary N) is 1. The molecule has 5 nitrogen and oxygen atoms in total. The van der Waals surface area contributed by atoms with E-state index in [9.17, 15) is 9.59 Å². The van der Waals surface area contributed by atoms with Crippen LogP contribution in [0.2, 0.25) is 0 Å². The Labute approximate surface area is 116 Å². The van der Waals surface area contributed by atoms with Gasteiger partial charge in [0, 0.05) is 0 Å². The molecule has 1 aromatic heterocycles. The molecule has 0 radical (unpaired) electrons. The lowest BCUT2D eigenvalue weighted by Crippen LogP contribution is -2.45. The molecule has 0 aliphatic rings. The number of esters is 1. The fraction of sp³-hybridized carbons (Fsp3) is 0.462. The van der Waals surface area contributed by atoms with E-state index < -0.39 is 18.1 Å². The molecule has 1 N–H and O–H groups in total. The summed E-state index contributed by atoms with van der Waals surface area (Å²) < 4.78 is 4.93. The first kappa shape index (κ1) is 15.2. The first-order valence-electron chi connectivity index (χ1n) is 5.90. The maximum atomic E-state index is 11.9. The normalized spacial score (nSPS) is 13.4. The zero-order valence-electron chi connectivity index (χ0n) is 11.0. The van der Waals surface area contributed by atoms with Crippen LogP contribution in [-0.2, 0) is 9.53 Å². The third kappa shape index (κ3) is 4.38. The van der Waals surface area contributed by atoms with Crippen LogP contribution in [0.4, 0.5) is 0 Å². The van der Waals surface area contributed by atoms with Crippen LogP contribution in [-0.4, -0.2) is 24.0 Å². The lowest BCUT2D eigenvalue weighted by atomic mass is 10.0. The molecule has 0 aliphatic heterocycles. The second-order valence-corrected chi connectivity index (χ2v) is 5.33. The number of rotatable bonds is 5. The largest absolute Gasteiger partial charge is 0.446 e. The van der Waals surface area contributed by atoms with Gasteiger partial charge in [0.05, 0.1) is 4.88 Å². The van der Waals surface area contributed by atoms with Gasteiger partial charge in [-0.2, -0.15) is 5.26 Å². The average Bonchev–Trinajstić information content (AvgIpc) is 2.88. The molecule has 1 rings (SSSR count). The minimum absolute atomic E-state index is 0.123. The summed E-state index contributed by atoms with van der Waals surface area (Å²) in [5.41, 5.74) is 0. The number of amides is 1. The molecule has 0 unspecified atom stereocenters. The molecule has 0 saturated carbocycles. The van der Waals surface area contributed by atoms with E-state index in [1.807, 2.05) is 6.07 Å². The zero-order valence-corrected chi connectivity index (χ0v) is 11.9. The smallest absolute Gasteiger partial charge is 0.330 e. The molecular weight excluding hydrogens is 264 g/mol. The Morgan fingerprint density at radius 3 is 2.58 bits per heavy atom. The van der Waals surface area contributed by atoms with Gasteiger partial charge in [-0.1, -0.05) is 19.9 Å². The van der Waals surface area contributed by atoms with Crippen molar-refractivity contribution in [3.05, 3.63) is 22.4 Å². The minimum atomic E-state index is -0.826. The number of ether oxygens (including phenoxy) is 1. The van der Waals surface area contributed by atoms with E-state index in [0.29, 0.717) is 4.88 Å². The summed E-state index contributed by atoms with van der Waals surface area (Å²) in [7, 11) is 0. The molecule has 6 heteroatoms. The molecule has 2 atom stereocenters. The molecule has 0 spiro atoms. The maximum Gasteiger partial charge on any atom is 0.330 e. The first-order chi connectivity index (χ1) is 8.95. The Balaban J connectivity index is 2.71. The van der Waals surface area contributed by atoms with Crippen molar-refractivity contribution < 1.29 is 14.3 Å². The van der Waals surface area contributed by atoms with Crippen LogP contribution in [0.3, 0.4) is 0 Å². The fourth-order valence-corrected chi connectivity index (χ4v) is 2.02. The van der Waals surface area contributed by atoms with E-state index in [4.69, 9.17) is 10.00 Å². The quantitative estimate of drug-likeness (QED) is 0.836. The molecular formula is C13H16N2O3S. The Morgan fingerprint density at radius 1 is 1.42 bits per heavy atom. The molecule has 0 bridgehead atoms. The highest BCUT2D eigenvalue weighted by Crippen LogP contribution is 2.11. The van der Waals surface area contributed by atoms with Crippen LogP contribution in [0.1, 0.15) is 30.4 Å². The van der Waals surface area contributed by atoms with Gasteiger partial charge in [-0.3, -0.25) is 4.79 Å². The van der Waals surface area contributed by atoms with Gasteiger partial charge in [0.25, 0.3) is 5.91 Å². The van der Waals surface area contributed by atoms with Gasteiger partial charge < -0.3 is 10.1 Å². The summed E-state index contributed by atoms with van der Waals surface area (Å²) in [4.78, 5) is 24.3. The number of nitrogens with zero attached hydrogens (tertiary/aromatic N) is 1. The van der Waals surface area contributed by atoms with Gasteiger partial charge >= 0.3 is 5.97 Å². The SMILES string of the molecule is CC(C)[C@H](NC(=O)c1cccs1)C(=O)O[C@@H](C)C#N. The highest BCUT2D eigenvalue weighted by molar-refractivity contribution is 7.12. The standard InChI is InChI=1S/C13H16N2O3S/c1-8(2)11(13(17)18-9(3)7-14)15-12(16)10-5-4-6-19-10/h4-6,8-9,11H,1-3H3,(H,15,16)/t9-,11-/m0/s1. The summed E-state index contributed by atoms with van der Waals surface area (Å²) in [6.45, 7) is 5.09. The molecule has 1 heterocycles. The monoisotopic (exact) mass is 280 g/mol. The van der Waals surface area contributed by atoms with Gasteiger partial charge in [-0.25, -0.2) is 4.79 Å². The van der Waals surface area contributed by atoms with E-state index in [-0.39, 0.29) is 11.8 Å². The van der Waals surface area contributed by atoms with Gasteiger partial charge in [-0.15, -0.1) is 11.3 Å². The predicted molar refractivity (Wildman–Crippen MR) is 71.6 cm³/mol. The van der Waals surface area contributed by atoms with E-state index in [1.165, 1.54) is 18.3 Å². The molecule has 0 aliphatic carbocycles. The van der Waals surface area contributed by atoms with Crippen LogP contribution in [0.25, 0.3) is 0 Å². The summed E-state index contributed by atoms with van der Waals surface area (Å²) >= 11 is 1.30. The van der Waals surface area contributed by atoms with Gasteiger partial charge in [0.15, 0.2) is 6.10 Å². The number of carbonyl (C=O) groups excluding carboxylic acids is 2. The number of nitriles is 1. The van der Waals surface area contributed by atoms with Crippen LogP contribution in [0.15, 0.2) is 17.5 Å². The number of hydrogen-bond donors (Lipinski definition) is 1. The average molecular weight is 280 g/mol. The fourth-order valence-electron chi connectivity index (χ4n) is 1.39. The third-order valence-electron chi connectivity index (χ3n) is 2.43. The second kappa shape index (κ2) is 6.90. The molecule has 102 valence electrons. The Hall–Kier alpha value is -1.87. The number of carbonyl (C=O) groups is 2. The summed E-state index contributed by atoms with van der Waals surface area (Å²) in [6.07, 6.45) is -0.826. The molecule has 19 heavy (non-hydrogen) atoms. The highest BCUT2D eigenvalue weighted by Gasteiger charge is 2.27. The van der Waals surface area contributed by atoms with Gasteiger partial charge in [-0.05, 0) is 24.3 Å². The Morgan fingerprint density at radius 2 is 2.11 bits per heavy atom. The van der Waals surface area contributed by atoms with Gasteiger partial charge in [0.2, 0.25) is 0 Å². The highest BCUT2D eigenvalue weighted by atomic mass is 32.1. The summed E-state index contributed by atoms with van der Waals surface area (Å²) in [5, 5.41) is 13.0. The lowest BCUT2D eigenvalue weighted by molar-refractivity contribution is -0.149. The van der Waals surface area contributed by atoms with E-state index in [1.54, 1.807) is 31.4 Å². The van der Waals surface area contributed by atoms with Crippen LogP contribution >= 0.6 is 11.3 Å². The predicted octanol–water partition coefficient (Wildman–Crippen LogP) is 1.96. The second-order valence-electron chi connectivity index (χ2n) is 4.38. The summed E-state index contributed by atoms with van der Waals surface area (Å²) in [6, 6.07) is 4.50. The Kier molecular flexibility index (Phi) is 5.52. The molecule has 0 fully saturated rings.